The number of nitrogens with two attached hydrogens (primary N) is 1. The first-order valence-corrected chi connectivity index (χ1v) is 11.4. The van der Waals surface area contributed by atoms with E-state index in [0.717, 1.165) is 24.2 Å². The maximum Gasteiger partial charge on any atom is 0.225 e. The van der Waals surface area contributed by atoms with E-state index in [2.05, 4.69) is 22.2 Å². The molecule has 3 N–H and O–H groups in total. The van der Waals surface area contributed by atoms with Crippen molar-refractivity contribution in [1.29, 1.82) is 5.26 Å². The molecule has 2 aromatic carbocycles. The van der Waals surface area contributed by atoms with Crippen molar-refractivity contribution in [3.63, 3.8) is 0 Å². The number of aromatic nitrogens is 2. The molecule has 4 rings (SSSR count). The first kappa shape index (κ1) is 24.0. The molecule has 1 amide bonds. The number of hydrogen-bond acceptors (Lipinski definition) is 7. The zero-order valence-electron chi connectivity index (χ0n) is 19.7. The lowest BCUT2D eigenvalue weighted by molar-refractivity contribution is -0.125. The highest BCUT2D eigenvalue weighted by molar-refractivity contribution is 5.80. The molecule has 0 radical (unpaired) electrons. The van der Waals surface area contributed by atoms with E-state index in [0.29, 0.717) is 30.2 Å². The largest absolute Gasteiger partial charge is 0.496 e. The number of benzene rings is 2. The van der Waals surface area contributed by atoms with Gasteiger partial charge in [-0.05, 0) is 38.0 Å². The van der Waals surface area contributed by atoms with E-state index in [1.807, 2.05) is 35.2 Å². The summed E-state index contributed by atoms with van der Waals surface area (Å²) < 4.78 is 19.5. The van der Waals surface area contributed by atoms with E-state index in [9.17, 15) is 9.18 Å². The third kappa shape index (κ3) is 5.32. The number of ether oxygens (including phenoxy) is 1. The normalized spacial score (nSPS) is 17.5. The Morgan fingerprint density at radius 3 is 2.80 bits per heavy atom. The van der Waals surface area contributed by atoms with Gasteiger partial charge in [-0.25, -0.2) is 9.37 Å². The van der Waals surface area contributed by atoms with E-state index < -0.39 is 5.82 Å². The highest BCUT2D eigenvalue weighted by Gasteiger charge is 2.31. The molecule has 1 saturated heterocycles. The van der Waals surface area contributed by atoms with Crippen LogP contribution in [0.5, 0.6) is 5.75 Å². The first-order chi connectivity index (χ1) is 16.9. The van der Waals surface area contributed by atoms with Crippen LogP contribution in [-0.2, 0) is 11.3 Å². The molecule has 0 spiro atoms. The van der Waals surface area contributed by atoms with Crippen molar-refractivity contribution in [2.45, 2.75) is 32.4 Å². The number of nitrogens with zero attached hydrogens (tertiary/aromatic N) is 4. The molecule has 2 unspecified atom stereocenters. The second-order valence-corrected chi connectivity index (χ2v) is 8.58. The van der Waals surface area contributed by atoms with Gasteiger partial charge in [-0.1, -0.05) is 24.3 Å². The first-order valence-electron chi connectivity index (χ1n) is 11.4. The zero-order valence-corrected chi connectivity index (χ0v) is 19.7. The molecule has 1 fully saturated rings. The Hall–Kier alpha value is -4.19. The number of hydrogen-bond donors (Lipinski definition) is 2. The SMILES string of the molecule is COc1ccccc1CNC(=O)C1CCC(C)N(c2cc(-c3ccc(C#N)c(F)c3)nc(N)n2)C1. The minimum atomic E-state index is -0.623. The third-order valence-electron chi connectivity index (χ3n) is 6.31. The minimum absolute atomic E-state index is 0.0378. The Labute approximate surface area is 203 Å². The molecule has 3 aromatic rings. The molecule has 0 saturated carbocycles. The fraction of sp³-hybridized carbons (Fsp3) is 0.308. The van der Waals surface area contributed by atoms with Gasteiger partial charge in [-0.2, -0.15) is 10.2 Å². The van der Waals surface area contributed by atoms with Gasteiger partial charge >= 0.3 is 0 Å². The van der Waals surface area contributed by atoms with Crippen molar-refractivity contribution < 1.29 is 13.9 Å². The van der Waals surface area contributed by atoms with Gasteiger partial charge in [0.1, 0.15) is 23.5 Å². The summed E-state index contributed by atoms with van der Waals surface area (Å²) >= 11 is 0. The molecule has 0 aliphatic carbocycles. The van der Waals surface area contributed by atoms with E-state index in [-0.39, 0.29) is 29.4 Å². The Morgan fingerprint density at radius 1 is 1.26 bits per heavy atom. The number of nitriles is 1. The van der Waals surface area contributed by atoms with Crippen molar-refractivity contribution in [3.8, 4) is 23.1 Å². The average Bonchev–Trinajstić information content (AvgIpc) is 2.87. The van der Waals surface area contributed by atoms with Gasteiger partial charge in [0.15, 0.2) is 0 Å². The predicted molar refractivity (Wildman–Crippen MR) is 131 cm³/mol. The molecule has 0 bridgehead atoms. The highest BCUT2D eigenvalue weighted by Crippen LogP contribution is 2.30. The number of nitrogen functional groups attached to an aromatic ring is 1. The van der Waals surface area contributed by atoms with Crippen LogP contribution in [0.25, 0.3) is 11.3 Å². The number of amides is 1. The Bertz CT molecular complexity index is 1270. The number of carbonyl (C=O) groups excluding carboxylic acids is 1. The molecular weight excluding hydrogens is 447 g/mol. The van der Waals surface area contributed by atoms with Gasteiger partial charge in [0.2, 0.25) is 11.9 Å². The van der Waals surface area contributed by atoms with E-state index in [1.165, 1.54) is 12.1 Å². The summed E-state index contributed by atoms with van der Waals surface area (Å²) in [6, 6.07) is 15.6. The molecule has 8 nitrogen and oxygen atoms in total. The van der Waals surface area contributed by atoms with Crippen LogP contribution < -0.4 is 20.7 Å². The van der Waals surface area contributed by atoms with Crippen LogP contribution in [0.15, 0.2) is 48.5 Å². The van der Waals surface area contributed by atoms with Gasteiger partial charge in [0, 0.05) is 36.3 Å². The zero-order chi connectivity index (χ0) is 24.9. The van der Waals surface area contributed by atoms with Crippen LogP contribution in [0.1, 0.15) is 30.9 Å². The molecular formula is C26H27FN6O2. The Kier molecular flexibility index (Phi) is 7.11. The maximum atomic E-state index is 14.2. The molecule has 2 atom stereocenters. The van der Waals surface area contributed by atoms with Crippen LogP contribution >= 0.6 is 0 Å². The predicted octanol–water partition coefficient (Wildman–Crippen LogP) is 3.67. The highest BCUT2D eigenvalue weighted by atomic mass is 19.1. The van der Waals surface area contributed by atoms with Crippen molar-refractivity contribution in [2.75, 3.05) is 24.3 Å². The number of carbonyl (C=O) groups is 1. The number of para-hydroxylation sites is 1. The Balaban J connectivity index is 1.52. The van der Waals surface area contributed by atoms with Gasteiger partial charge in [-0.3, -0.25) is 4.79 Å². The second kappa shape index (κ2) is 10.4. The van der Waals surface area contributed by atoms with Crippen LogP contribution in [0.3, 0.4) is 0 Å². The molecule has 1 aliphatic rings. The molecule has 180 valence electrons. The lowest BCUT2D eigenvalue weighted by Gasteiger charge is -2.38. The molecule has 9 heteroatoms. The van der Waals surface area contributed by atoms with Crippen molar-refractivity contribution in [2.24, 2.45) is 5.92 Å². The smallest absolute Gasteiger partial charge is 0.225 e. The lowest BCUT2D eigenvalue weighted by Crippen LogP contribution is -2.47. The number of anilines is 2. The summed E-state index contributed by atoms with van der Waals surface area (Å²) in [6.07, 6.45) is 1.56. The summed E-state index contributed by atoms with van der Waals surface area (Å²) in [6.45, 7) is 2.92. The summed E-state index contributed by atoms with van der Waals surface area (Å²) in [5.74, 6) is 0.470. The monoisotopic (exact) mass is 474 g/mol. The summed E-state index contributed by atoms with van der Waals surface area (Å²) in [5.41, 5.74) is 7.80. The molecule has 2 heterocycles. The maximum absolute atomic E-state index is 14.2. The van der Waals surface area contributed by atoms with Gasteiger partial charge in [0.25, 0.3) is 0 Å². The van der Waals surface area contributed by atoms with Crippen LogP contribution in [0, 0.1) is 23.1 Å². The fourth-order valence-corrected chi connectivity index (χ4v) is 4.33. The topological polar surface area (TPSA) is 117 Å². The molecule has 1 aromatic heterocycles. The van der Waals surface area contributed by atoms with E-state index in [1.54, 1.807) is 19.2 Å². The number of rotatable bonds is 6. The van der Waals surface area contributed by atoms with E-state index in [4.69, 9.17) is 15.7 Å². The van der Waals surface area contributed by atoms with Crippen molar-refractivity contribution in [3.05, 3.63) is 65.5 Å². The average molecular weight is 475 g/mol. The lowest BCUT2D eigenvalue weighted by atomic mass is 9.92. The number of piperidine rings is 1. The Morgan fingerprint density at radius 2 is 2.06 bits per heavy atom. The van der Waals surface area contributed by atoms with Gasteiger partial charge in [-0.15, -0.1) is 0 Å². The molecule has 35 heavy (non-hydrogen) atoms. The van der Waals surface area contributed by atoms with Gasteiger partial charge in [0.05, 0.1) is 24.3 Å². The third-order valence-corrected chi connectivity index (χ3v) is 6.31. The number of nitrogens with one attached hydrogen (secondary N) is 1. The van der Waals surface area contributed by atoms with Crippen LogP contribution in [0.2, 0.25) is 0 Å². The van der Waals surface area contributed by atoms with E-state index >= 15 is 0 Å². The molecule has 1 aliphatic heterocycles. The minimum Gasteiger partial charge on any atom is -0.496 e. The van der Waals surface area contributed by atoms with Crippen molar-refractivity contribution >= 4 is 17.7 Å². The fourth-order valence-electron chi connectivity index (χ4n) is 4.33. The van der Waals surface area contributed by atoms with Crippen LogP contribution in [-0.4, -0.2) is 35.6 Å². The quantitative estimate of drug-likeness (QED) is 0.560. The standard InChI is InChI=1S/C26H27FN6O2/c1-16-7-8-20(25(34)30-14-19-5-3-4-6-23(19)35-2)15-33(16)24-12-22(31-26(29)32-24)17-9-10-18(13-28)21(27)11-17/h3-6,9-12,16,20H,7-8,14-15H2,1-2H3,(H,30,34)(H2,29,31,32). The number of methoxy groups -OCH3 is 1. The van der Waals surface area contributed by atoms with Crippen molar-refractivity contribution in [1.82, 2.24) is 15.3 Å². The van der Waals surface area contributed by atoms with Crippen LogP contribution in [0.4, 0.5) is 16.2 Å². The second-order valence-electron chi connectivity index (χ2n) is 8.58. The van der Waals surface area contributed by atoms with Gasteiger partial charge < -0.3 is 20.7 Å². The summed E-state index contributed by atoms with van der Waals surface area (Å²) in [5, 5.41) is 12.0. The summed E-state index contributed by atoms with van der Waals surface area (Å²) in [7, 11) is 1.61. The summed E-state index contributed by atoms with van der Waals surface area (Å²) in [4.78, 5) is 23.7. The number of halogens is 1.